The molecule has 0 heterocycles. The van der Waals surface area contributed by atoms with Crippen molar-refractivity contribution in [2.45, 2.75) is 6.42 Å². The second-order valence-corrected chi connectivity index (χ2v) is 4.90. The van der Waals surface area contributed by atoms with Crippen LogP contribution in [0.5, 0.6) is 17.2 Å². The van der Waals surface area contributed by atoms with Gasteiger partial charge in [-0.05, 0) is 36.2 Å². The normalized spacial score (nSPS) is 10.0. The van der Waals surface area contributed by atoms with Crippen molar-refractivity contribution in [3.8, 4) is 17.2 Å². The largest absolute Gasteiger partial charge is 0.496 e. The third-order valence-electron chi connectivity index (χ3n) is 3.50. The number of carbonyl (C=O) groups is 1. The molecule has 1 N–H and O–H groups in total. The summed E-state index contributed by atoms with van der Waals surface area (Å²) >= 11 is 0. The summed E-state index contributed by atoms with van der Waals surface area (Å²) in [7, 11) is 4.76. The molecule has 2 rings (SSSR count). The highest BCUT2D eigenvalue weighted by atomic mass is 16.5. The van der Waals surface area contributed by atoms with Crippen molar-refractivity contribution in [1.29, 1.82) is 0 Å². The Balaban J connectivity index is 1.95. The highest BCUT2D eigenvalue weighted by Gasteiger charge is 2.11. The first kappa shape index (κ1) is 16.7. The summed E-state index contributed by atoms with van der Waals surface area (Å²) in [6.07, 6.45) is 0.696. The molecule has 23 heavy (non-hydrogen) atoms. The number of ether oxygens (including phenoxy) is 3. The average molecular weight is 315 g/mol. The smallest absolute Gasteiger partial charge is 0.255 e. The minimum absolute atomic E-state index is 0.150. The predicted molar refractivity (Wildman–Crippen MR) is 88.6 cm³/mol. The van der Waals surface area contributed by atoms with E-state index in [9.17, 15) is 4.79 Å². The van der Waals surface area contributed by atoms with Crippen LogP contribution in [-0.4, -0.2) is 33.8 Å². The molecule has 0 unspecified atom stereocenters. The van der Waals surface area contributed by atoms with E-state index in [-0.39, 0.29) is 5.91 Å². The van der Waals surface area contributed by atoms with Crippen LogP contribution < -0.4 is 19.5 Å². The van der Waals surface area contributed by atoms with E-state index in [0.717, 1.165) is 5.56 Å². The fraction of sp³-hybridized carbons (Fsp3) is 0.278. The second kappa shape index (κ2) is 8.08. The number of nitrogens with one attached hydrogen (secondary N) is 1. The molecule has 122 valence electrons. The van der Waals surface area contributed by atoms with Crippen LogP contribution in [0.2, 0.25) is 0 Å². The number of rotatable bonds is 7. The topological polar surface area (TPSA) is 56.8 Å². The first-order chi connectivity index (χ1) is 11.2. The summed E-state index contributed by atoms with van der Waals surface area (Å²) in [5.74, 6) is 1.79. The number of carbonyl (C=O) groups excluding carboxylic acids is 1. The second-order valence-electron chi connectivity index (χ2n) is 4.90. The third-order valence-corrected chi connectivity index (χ3v) is 3.50. The van der Waals surface area contributed by atoms with E-state index in [4.69, 9.17) is 14.2 Å². The van der Waals surface area contributed by atoms with Gasteiger partial charge in [0.05, 0.1) is 26.9 Å². The molecule has 1 amide bonds. The number of para-hydroxylation sites is 1. The maximum absolute atomic E-state index is 12.2. The molecule has 2 aromatic carbocycles. The minimum Gasteiger partial charge on any atom is -0.496 e. The fourth-order valence-corrected chi connectivity index (χ4v) is 2.28. The number of hydrogen-bond acceptors (Lipinski definition) is 4. The van der Waals surface area contributed by atoms with Crippen LogP contribution in [0.15, 0.2) is 42.5 Å². The first-order valence-corrected chi connectivity index (χ1v) is 7.31. The Morgan fingerprint density at radius 3 is 2.30 bits per heavy atom. The van der Waals surface area contributed by atoms with Gasteiger partial charge in [-0.1, -0.05) is 18.2 Å². The van der Waals surface area contributed by atoms with Gasteiger partial charge in [0.15, 0.2) is 11.5 Å². The van der Waals surface area contributed by atoms with Crippen LogP contribution in [0, 0.1) is 0 Å². The molecule has 0 aliphatic rings. The molecule has 0 fully saturated rings. The fourth-order valence-electron chi connectivity index (χ4n) is 2.28. The molecule has 0 aromatic heterocycles. The van der Waals surface area contributed by atoms with Crippen LogP contribution in [-0.2, 0) is 6.42 Å². The quantitative estimate of drug-likeness (QED) is 0.853. The molecule has 5 nitrogen and oxygen atoms in total. The Morgan fingerprint density at radius 2 is 1.61 bits per heavy atom. The summed E-state index contributed by atoms with van der Waals surface area (Å²) in [6.45, 7) is 0.520. The standard InChI is InChI=1S/C18H21NO4/c1-21-15-7-5-4-6-14(15)18(20)19-11-10-13-8-9-16(22-2)17(12-13)23-3/h4-9,12H,10-11H2,1-3H3,(H,19,20). The van der Waals surface area contributed by atoms with E-state index < -0.39 is 0 Å². The van der Waals surface area contributed by atoms with E-state index in [1.165, 1.54) is 0 Å². The highest BCUT2D eigenvalue weighted by Crippen LogP contribution is 2.27. The van der Waals surface area contributed by atoms with Crippen molar-refractivity contribution < 1.29 is 19.0 Å². The zero-order valence-corrected chi connectivity index (χ0v) is 13.6. The average Bonchev–Trinajstić information content (AvgIpc) is 2.61. The summed E-state index contributed by atoms with van der Waals surface area (Å²) in [5.41, 5.74) is 1.59. The van der Waals surface area contributed by atoms with Gasteiger partial charge in [-0.3, -0.25) is 4.79 Å². The van der Waals surface area contributed by atoms with Gasteiger partial charge in [-0.15, -0.1) is 0 Å². The van der Waals surface area contributed by atoms with E-state index in [1.807, 2.05) is 30.3 Å². The van der Waals surface area contributed by atoms with Crippen molar-refractivity contribution >= 4 is 5.91 Å². The molecule has 0 aliphatic carbocycles. The first-order valence-electron chi connectivity index (χ1n) is 7.31. The predicted octanol–water partition coefficient (Wildman–Crippen LogP) is 2.68. The van der Waals surface area contributed by atoms with Crippen molar-refractivity contribution in [3.63, 3.8) is 0 Å². The molecule has 0 aliphatic heterocycles. The molecule has 0 bridgehead atoms. The molecular weight excluding hydrogens is 294 g/mol. The Hall–Kier alpha value is -2.69. The lowest BCUT2D eigenvalue weighted by atomic mass is 10.1. The molecule has 5 heteroatoms. The summed E-state index contributed by atoms with van der Waals surface area (Å²) in [5, 5.41) is 2.90. The van der Waals surface area contributed by atoms with Gasteiger partial charge < -0.3 is 19.5 Å². The van der Waals surface area contributed by atoms with Gasteiger partial charge in [-0.25, -0.2) is 0 Å². The van der Waals surface area contributed by atoms with Crippen molar-refractivity contribution in [2.24, 2.45) is 0 Å². The van der Waals surface area contributed by atoms with Gasteiger partial charge >= 0.3 is 0 Å². The van der Waals surface area contributed by atoms with Gasteiger partial charge in [0.25, 0.3) is 5.91 Å². The minimum atomic E-state index is -0.150. The number of amides is 1. The van der Waals surface area contributed by atoms with E-state index in [1.54, 1.807) is 33.5 Å². The number of hydrogen-bond donors (Lipinski definition) is 1. The number of methoxy groups -OCH3 is 3. The van der Waals surface area contributed by atoms with Crippen molar-refractivity contribution in [2.75, 3.05) is 27.9 Å². The van der Waals surface area contributed by atoms with Gasteiger partial charge in [0.2, 0.25) is 0 Å². The third kappa shape index (κ3) is 4.16. The Labute approximate surface area is 136 Å². The molecule has 0 spiro atoms. The van der Waals surface area contributed by atoms with Gasteiger partial charge in [0, 0.05) is 6.54 Å². The van der Waals surface area contributed by atoms with Crippen LogP contribution in [0.4, 0.5) is 0 Å². The van der Waals surface area contributed by atoms with Crippen molar-refractivity contribution in [3.05, 3.63) is 53.6 Å². The monoisotopic (exact) mass is 315 g/mol. The SMILES string of the molecule is COc1ccc(CCNC(=O)c2ccccc2OC)cc1OC. The maximum Gasteiger partial charge on any atom is 0.255 e. The summed E-state index contributed by atoms with van der Waals surface area (Å²) in [4.78, 5) is 12.2. The van der Waals surface area contributed by atoms with Crippen LogP contribution in [0.1, 0.15) is 15.9 Å². The van der Waals surface area contributed by atoms with Gasteiger partial charge in [-0.2, -0.15) is 0 Å². The zero-order valence-electron chi connectivity index (χ0n) is 13.6. The van der Waals surface area contributed by atoms with Crippen LogP contribution in [0.3, 0.4) is 0 Å². The lowest BCUT2D eigenvalue weighted by Crippen LogP contribution is -2.26. The summed E-state index contributed by atoms with van der Waals surface area (Å²) in [6, 6.07) is 12.9. The Morgan fingerprint density at radius 1 is 0.913 bits per heavy atom. The van der Waals surface area contributed by atoms with Crippen molar-refractivity contribution in [1.82, 2.24) is 5.32 Å². The zero-order chi connectivity index (χ0) is 16.7. The molecule has 2 aromatic rings. The van der Waals surface area contributed by atoms with E-state index in [0.29, 0.717) is 35.8 Å². The lowest BCUT2D eigenvalue weighted by molar-refractivity contribution is 0.0951. The lowest BCUT2D eigenvalue weighted by Gasteiger charge is -2.11. The van der Waals surface area contributed by atoms with Gasteiger partial charge in [0.1, 0.15) is 5.75 Å². The highest BCUT2D eigenvalue weighted by molar-refractivity contribution is 5.96. The van der Waals surface area contributed by atoms with Crippen LogP contribution >= 0.6 is 0 Å². The molecule has 0 saturated carbocycles. The Bertz CT molecular complexity index is 670. The summed E-state index contributed by atoms with van der Waals surface area (Å²) < 4.78 is 15.7. The molecule has 0 saturated heterocycles. The number of benzene rings is 2. The molecule has 0 atom stereocenters. The molecule has 0 radical (unpaired) electrons. The van der Waals surface area contributed by atoms with Crippen LogP contribution in [0.25, 0.3) is 0 Å². The van der Waals surface area contributed by atoms with E-state index in [2.05, 4.69) is 5.32 Å². The molecular formula is C18H21NO4. The Kier molecular flexibility index (Phi) is 5.86. The maximum atomic E-state index is 12.2. The van der Waals surface area contributed by atoms with E-state index >= 15 is 0 Å².